The van der Waals surface area contributed by atoms with Crippen molar-refractivity contribution in [3.63, 3.8) is 0 Å². The maximum atomic E-state index is 14.1. The summed E-state index contributed by atoms with van der Waals surface area (Å²) in [6.07, 6.45) is 3.79. The highest BCUT2D eigenvalue weighted by Crippen LogP contribution is 2.39. The molecule has 0 bridgehead atoms. The van der Waals surface area contributed by atoms with E-state index in [4.69, 9.17) is 16.3 Å². The first-order valence-electron chi connectivity index (χ1n) is 9.32. The van der Waals surface area contributed by atoms with Gasteiger partial charge < -0.3 is 15.0 Å². The summed E-state index contributed by atoms with van der Waals surface area (Å²) in [4.78, 5) is 28.8. The molecule has 4 rings (SSSR count). The zero-order valence-electron chi connectivity index (χ0n) is 15.2. The number of anilines is 1. The van der Waals surface area contributed by atoms with Crippen molar-refractivity contribution >= 4 is 39.8 Å². The lowest BCUT2D eigenvalue weighted by molar-refractivity contribution is 0.0303. The summed E-state index contributed by atoms with van der Waals surface area (Å²) in [5, 5.41) is 3.55. The number of hydrogen-bond acceptors (Lipinski definition) is 4. The second-order valence-electron chi connectivity index (χ2n) is 6.90. The molecule has 0 spiro atoms. The zero-order valence-corrected chi connectivity index (χ0v) is 16.8. The first-order chi connectivity index (χ1) is 13.5. The van der Waals surface area contributed by atoms with E-state index in [1.54, 1.807) is 4.90 Å². The van der Waals surface area contributed by atoms with Gasteiger partial charge in [-0.2, -0.15) is 0 Å². The van der Waals surface area contributed by atoms with Crippen LogP contribution in [0.25, 0.3) is 0 Å². The first kappa shape index (κ1) is 19.4. The van der Waals surface area contributed by atoms with Crippen molar-refractivity contribution < 1.29 is 18.7 Å². The molecule has 0 radical (unpaired) electrons. The third-order valence-electron chi connectivity index (χ3n) is 5.08. The third-order valence-corrected chi connectivity index (χ3v) is 6.53. The fourth-order valence-electron chi connectivity index (χ4n) is 3.65. The fourth-order valence-corrected chi connectivity index (χ4v) is 5.10. The van der Waals surface area contributed by atoms with E-state index in [0.717, 1.165) is 42.2 Å². The number of nitrogens with one attached hydrogen (secondary N) is 1. The van der Waals surface area contributed by atoms with Gasteiger partial charge in [-0.25, -0.2) is 4.39 Å². The van der Waals surface area contributed by atoms with Crippen molar-refractivity contribution in [2.24, 2.45) is 0 Å². The van der Waals surface area contributed by atoms with Crippen LogP contribution in [0, 0.1) is 5.82 Å². The quantitative estimate of drug-likeness (QED) is 0.808. The second-order valence-corrected chi connectivity index (χ2v) is 8.44. The highest BCUT2D eigenvalue weighted by Gasteiger charge is 2.30. The maximum absolute atomic E-state index is 14.1. The lowest BCUT2D eigenvalue weighted by Crippen LogP contribution is -2.41. The molecule has 1 N–H and O–H groups in total. The molecule has 5 nitrogen and oxygen atoms in total. The molecule has 0 atom stereocenters. The summed E-state index contributed by atoms with van der Waals surface area (Å²) >= 11 is 7.33. The molecule has 1 aromatic heterocycles. The van der Waals surface area contributed by atoms with E-state index >= 15 is 0 Å². The number of carbonyl (C=O) groups is 2. The highest BCUT2D eigenvalue weighted by molar-refractivity contribution is 7.17. The number of morpholine rings is 1. The van der Waals surface area contributed by atoms with E-state index in [1.165, 1.54) is 23.5 Å². The molecule has 1 fully saturated rings. The monoisotopic (exact) mass is 422 g/mol. The van der Waals surface area contributed by atoms with Crippen LogP contribution in [0.5, 0.6) is 0 Å². The average Bonchev–Trinajstić information content (AvgIpc) is 3.07. The second kappa shape index (κ2) is 8.19. The summed E-state index contributed by atoms with van der Waals surface area (Å²) in [7, 11) is 0. The zero-order chi connectivity index (χ0) is 19.7. The van der Waals surface area contributed by atoms with Crippen LogP contribution in [-0.2, 0) is 17.6 Å². The summed E-state index contributed by atoms with van der Waals surface area (Å²) < 4.78 is 19.4. The van der Waals surface area contributed by atoms with Gasteiger partial charge in [0, 0.05) is 23.0 Å². The molecule has 1 aromatic carbocycles. The van der Waals surface area contributed by atoms with Gasteiger partial charge in [0.15, 0.2) is 0 Å². The Bertz CT molecular complexity index is 924. The number of aryl methyl sites for hydroxylation is 1. The Balaban J connectivity index is 1.68. The number of halogens is 2. The smallest absolute Gasteiger partial charge is 0.259 e. The predicted octanol–water partition coefficient (Wildman–Crippen LogP) is 4.14. The fraction of sp³-hybridized carbons (Fsp3) is 0.400. The maximum Gasteiger partial charge on any atom is 0.259 e. The molecule has 1 aliphatic carbocycles. The molecule has 2 aliphatic rings. The van der Waals surface area contributed by atoms with Gasteiger partial charge in [-0.05, 0) is 49.4 Å². The molecule has 2 heterocycles. The number of fused-ring (bicyclic) bond motifs is 1. The normalized spacial score (nSPS) is 16.6. The van der Waals surface area contributed by atoms with E-state index in [0.29, 0.717) is 36.9 Å². The number of carbonyl (C=O) groups excluding carboxylic acids is 2. The Morgan fingerprint density at radius 3 is 2.71 bits per heavy atom. The van der Waals surface area contributed by atoms with Crippen LogP contribution in [0.1, 0.15) is 44.0 Å². The van der Waals surface area contributed by atoms with Crippen LogP contribution >= 0.6 is 22.9 Å². The number of ether oxygens (including phenoxy) is 1. The topological polar surface area (TPSA) is 58.6 Å². The Labute approximate surface area is 171 Å². The molecule has 1 aliphatic heterocycles. The van der Waals surface area contributed by atoms with Crippen molar-refractivity contribution in [3.8, 4) is 0 Å². The van der Waals surface area contributed by atoms with Crippen molar-refractivity contribution in [3.05, 3.63) is 50.6 Å². The van der Waals surface area contributed by atoms with E-state index in [9.17, 15) is 14.0 Å². The average molecular weight is 423 g/mol. The minimum Gasteiger partial charge on any atom is -0.378 e. The van der Waals surface area contributed by atoms with E-state index < -0.39 is 11.7 Å². The van der Waals surface area contributed by atoms with Crippen molar-refractivity contribution in [1.82, 2.24) is 4.90 Å². The van der Waals surface area contributed by atoms with Crippen molar-refractivity contribution in [1.29, 1.82) is 0 Å². The minimum absolute atomic E-state index is 0.0930. The van der Waals surface area contributed by atoms with Gasteiger partial charge in [0.05, 0.1) is 24.3 Å². The molecule has 2 amide bonds. The van der Waals surface area contributed by atoms with Gasteiger partial charge in [-0.3, -0.25) is 9.59 Å². The molecular weight excluding hydrogens is 403 g/mol. The number of rotatable bonds is 3. The van der Waals surface area contributed by atoms with Crippen molar-refractivity contribution in [2.75, 3.05) is 31.6 Å². The van der Waals surface area contributed by atoms with Crippen molar-refractivity contribution in [2.45, 2.75) is 25.7 Å². The van der Waals surface area contributed by atoms with Crippen LogP contribution in [0.4, 0.5) is 9.39 Å². The van der Waals surface area contributed by atoms with Crippen LogP contribution in [0.15, 0.2) is 18.2 Å². The highest BCUT2D eigenvalue weighted by atomic mass is 35.5. The Hall–Kier alpha value is -1.96. The van der Waals surface area contributed by atoms with Crippen LogP contribution in [0.3, 0.4) is 0 Å². The molecule has 28 heavy (non-hydrogen) atoms. The van der Waals surface area contributed by atoms with Gasteiger partial charge in [0.1, 0.15) is 10.8 Å². The SMILES string of the molecule is O=C(Nc1sc2c(c1C(=O)N1CCOCC1)CCCC2)c1cc(Cl)ccc1F. The number of thiophene rings is 1. The molecule has 8 heteroatoms. The summed E-state index contributed by atoms with van der Waals surface area (Å²) in [5.41, 5.74) is 1.44. The standard InChI is InChI=1S/C20H20ClFN2O3S/c21-12-5-6-15(22)14(11-12)18(25)23-19-17(13-3-1-2-4-16(13)28-19)20(26)24-7-9-27-10-8-24/h5-6,11H,1-4,7-10H2,(H,23,25). The predicted molar refractivity (Wildman–Crippen MR) is 107 cm³/mol. The van der Waals surface area contributed by atoms with Gasteiger partial charge in [0.25, 0.3) is 11.8 Å². The van der Waals surface area contributed by atoms with Gasteiger partial charge in [-0.15, -0.1) is 11.3 Å². The third kappa shape index (κ3) is 3.79. The number of benzene rings is 1. The Kier molecular flexibility index (Phi) is 5.66. The summed E-state index contributed by atoms with van der Waals surface area (Å²) in [6.45, 7) is 2.07. The summed E-state index contributed by atoms with van der Waals surface area (Å²) in [5.74, 6) is -1.34. The molecule has 148 valence electrons. The largest absolute Gasteiger partial charge is 0.378 e. The molecule has 0 unspecified atom stereocenters. The van der Waals surface area contributed by atoms with Crippen LogP contribution < -0.4 is 5.32 Å². The van der Waals surface area contributed by atoms with E-state index in [-0.39, 0.29) is 16.5 Å². The minimum atomic E-state index is -0.649. The Morgan fingerprint density at radius 2 is 1.93 bits per heavy atom. The number of amides is 2. The lowest BCUT2D eigenvalue weighted by atomic mass is 9.95. The van der Waals surface area contributed by atoms with E-state index in [1.807, 2.05) is 0 Å². The van der Waals surface area contributed by atoms with Gasteiger partial charge in [0.2, 0.25) is 0 Å². The van der Waals surface area contributed by atoms with Gasteiger partial charge in [-0.1, -0.05) is 11.6 Å². The number of nitrogens with zero attached hydrogens (tertiary/aromatic N) is 1. The first-order valence-corrected chi connectivity index (χ1v) is 10.5. The molecule has 0 saturated carbocycles. The Morgan fingerprint density at radius 1 is 1.18 bits per heavy atom. The van der Waals surface area contributed by atoms with Gasteiger partial charge >= 0.3 is 0 Å². The lowest BCUT2D eigenvalue weighted by Gasteiger charge is -2.27. The molecule has 2 aromatic rings. The number of hydrogen-bond donors (Lipinski definition) is 1. The van der Waals surface area contributed by atoms with Crippen LogP contribution in [0.2, 0.25) is 5.02 Å². The van der Waals surface area contributed by atoms with E-state index in [2.05, 4.69) is 5.32 Å². The molecule has 1 saturated heterocycles. The summed E-state index contributed by atoms with van der Waals surface area (Å²) in [6, 6.07) is 3.85. The molecular formula is C20H20ClFN2O3S. The van der Waals surface area contributed by atoms with Crippen LogP contribution in [-0.4, -0.2) is 43.0 Å².